The van der Waals surface area contributed by atoms with Gasteiger partial charge in [0, 0.05) is 34.0 Å². The summed E-state index contributed by atoms with van der Waals surface area (Å²) in [4.78, 5) is 45.1. The average molecular weight is 523 g/mol. The number of rotatable bonds is 8. The summed E-state index contributed by atoms with van der Waals surface area (Å²) < 4.78 is 5.49. The SMILES string of the molecule is CC(C)[C@H](NC(=O)c1cc2c([nH]c3ccccc32)c(-c2ccc([N+](=O)[O-])cc2)n1)C(=O)OCc1ccccc1. The number of para-hydroxylation sites is 1. The minimum absolute atomic E-state index is 0.0469. The topological polar surface area (TPSA) is 127 Å². The zero-order valence-corrected chi connectivity index (χ0v) is 21.4. The highest BCUT2D eigenvalue weighted by Gasteiger charge is 2.27. The molecule has 2 heterocycles. The van der Waals surface area contributed by atoms with Gasteiger partial charge in [0.05, 0.1) is 16.1 Å². The van der Waals surface area contributed by atoms with Crippen molar-refractivity contribution in [1.29, 1.82) is 0 Å². The Morgan fingerprint density at radius 1 is 0.974 bits per heavy atom. The molecule has 0 saturated carbocycles. The second-order valence-corrected chi connectivity index (χ2v) is 9.54. The molecule has 1 amide bonds. The highest BCUT2D eigenvalue weighted by atomic mass is 16.6. The number of aromatic amines is 1. The highest BCUT2D eigenvalue weighted by molar-refractivity contribution is 6.13. The number of nitro benzene ring substituents is 1. The van der Waals surface area contributed by atoms with Gasteiger partial charge in [-0.1, -0.05) is 62.4 Å². The Balaban J connectivity index is 1.50. The first-order valence-electron chi connectivity index (χ1n) is 12.5. The van der Waals surface area contributed by atoms with Gasteiger partial charge in [-0.25, -0.2) is 9.78 Å². The monoisotopic (exact) mass is 522 g/mol. The molecule has 0 spiro atoms. The van der Waals surface area contributed by atoms with E-state index in [1.54, 1.807) is 18.2 Å². The summed E-state index contributed by atoms with van der Waals surface area (Å²) in [5.74, 6) is -1.30. The van der Waals surface area contributed by atoms with Crippen molar-refractivity contribution in [3.8, 4) is 11.3 Å². The molecule has 0 aliphatic heterocycles. The minimum Gasteiger partial charge on any atom is -0.459 e. The number of nitrogens with zero attached hydrogens (tertiary/aromatic N) is 2. The molecule has 9 nitrogen and oxygen atoms in total. The van der Waals surface area contributed by atoms with Crippen molar-refractivity contribution in [2.45, 2.75) is 26.5 Å². The fourth-order valence-corrected chi connectivity index (χ4v) is 4.44. The summed E-state index contributed by atoms with van der Waals surface area (Å²) in [5, 5.41) is 15.6. The van der Waals surface area contributed by atoms with Gasteiger partial charge in [0.15, 0.2) is 0 Å². The highest BCUT2D eigenvalue weighted by Crippen LogP contribution is 2.33. The van der Waals surface area contributed by atoms with Crippen molar-refractivity contribution >= 4 is 39.4 Å². The van der Waals surface area contributed by atoms with Crippen LogP contribution in [0.1, 0.15) is 29.9 Å². The molecule has 39 heavy (non-hydrogen) atoms. The predicted molar refractivity (Wildman–Crippen MR) is 148 cm³/mol. The van der Waals surface area contributed by atoms with Crippen LogP contribution in [0, 0.1) is 16.0 Å². The van der Waals surface area contributed by atoms with Crippen LogP contribution in [0.4, 0.5) is 5.69 Å². The van der Waals surface area contributed by atoms with Crippen molar-refractivity contribution in [3.05, 3.63) is 106 Å². The van der Waals surface area contributed by atoms with Gasteiger partial charge in [-0.15, -0.1) is 0 Å². The Kier molecular flexibility index (Phi) is 7.05. The van der Waals surface area contributed by atoms with Crippen molar-refractivity contribution in [2.24, 2.45) is 5.92 Å². The van der Waals surface area contributed by atoms with Crippen molar-refractivity contribution < 1.29 is 19.2 Å². The first-order valence-corrected chi connectivity index (χ1v) is 12.5. The van der Waals surface area contributed by atoms with Crippen LogP contribution >= 0.6 is 0 Å². The van der Waals surface area contributed by atoms with Crippen LogP contribution in [0.3, 0.4) is 0 Å². The van der Waals surface area contributed by atoms with E-state index in [0.717, 1.165) is 21.9 Å². The minimum atomic E-state index is -0.885. The molecule has 9 heteroatoms. The first-order chi connectivity index (χ1) is 18.8. The van der Waals surface area contributed by atoms with Gasteiger partial charge in [0.2, 0.25) is 0 Å². The fourth-order valence-electron chi connectivity index (χ4n) is 4.44. The third-order valence-corrected chi connectivity index (χ3v) is 6.51. The number of pyridine rings is 1. The molecule has 0 radical (unpaired) electrons. The first kappa shape index (κ1) is 25.6. The smallest absolute Gasteiger partial charge is 0.329 e. The number of hydrogen-bond acceptors (Lipinski definition) is 6. The number of amides is 1. The third kappa shape index (κ3) is 5.33. The van der Waals surface area contributed by atoms with Crippen molar-refractivity contribution in [1.82, 2.24) is 15.3 Å². The van der Waals surface area contributed by atoms with E-state index in [0.29, 0.717) is 16.8 Å². The van der Waals surface area contributed by atoms with E-state index >= 15 is 0 Å². The number of ether oxygens (including phenoxy) is 1. The van der Waals surface area contributed by atoms with E-state index in [-0.39, 0.29) is 23.9 Å². The van der Waals surface area contributed by atoms with Crippen LogP contribution < -0.4 is 5.32 Å². The van der Waals surface area contributed by atoms with Crippen LogP contribution in [-0.4, -0.2) is 32.8 Å². The molecule has 0 bridgehead atoms. The molecule has 2 aromatic heterocycles. The van der Waals surface area contributed by atoms with Crippen molar-refractivity contribution in [2.75, 3.05) is 0 Å². The number of hydrogen-bond donors (Lipinski definition) is 2. The second kappa shape index (κ2) is 10.7. The van der Waals surface area contributed by atoms with Gasteiger partial charge >= 0.3 is 5.97 Å². The van der Waals surface area contributed by atoms with Crippen LogP contribution in [0.25, 0.3) is 33.1 Å². The molecule has 0 aliphatic carbocycles. The van der Waals surface area contributed by atoms with Gasteiger partial charge in [-0.3, -0.25) is 14.9 Å². The van der Waals surface area contributed by atoms with Crippen molar-refractivity contribution in [3.63, 3.8) is 0 Å². The maximum atomic E-state index is 13.5. The molecule has 0 fully saturated rings. The molecule has 0 saturated heterocycles. The van der Waals surface area contributed by atoms with E-state index in [2.05, 4.69) is 15.3 Å². The molecule has 196 valence electrons. The maximum Gasteiger partial charge on any atom is 0.329 e. The van der Waals surface area contributed by atoms with E-state index in [1.165, 1.54) is 12.1 Å². The molecule has 5 aromatic rings. The average Bonchev–Trinajstić information content (AvgIpc) is 3.33. The largest absolute Gasteiger partial charge is 0.459 e. The Hall–Kier alpha value is -5.05. The lowest BCUT2D eigenvalue weighted by atomic mass is 10.0. The second-order valence-electron chi connectivity index (χ2n) is 9.54. The van der Waals surface area contributed by atoms with Crippen LogP contribution in [0.15, 0.2) is 84.9 Å². The quantitative estimate of drug-likeness (QED) is 0.151. The molecule has 0 aliphatic rings. The molecular formula is C30H26N4O5. The number of H-pyrrole nitrogens is 1. The fraction of sp³-hybridized carbons (Fsp3) is 0.167. The third-order valence-electron chi connectivity index (χ3n) is 6.51. The molecule has 2 N–H and O–H groups in total. The number of nitrogens with one attached hydrogen (secondary N) is 2. The molecular weight excluding hydrogens is 496 g/mol. The van der Waals surface area contributed by atoms with E-state index in [4.69, 9.17) is 4.74 Å². The predicted octanol–water partition coefficient (Wildman–Crippen LogP) is 5.79. The Morgan fingerprint density at radius 2 is 1.67 bits per heavy atom. The zero-order valence-electron chi connectivity index (χ0n) is 21.4. The maximum absolute atomic E-state index is 13.5. The number of fused-ring (bicyclic) bond motifs is 3. The lowest BCUT2D eigenvalue weighted by molar-refractivity contribution is -0.384. The van der Waals surface area contributed by atoms with E-state index in [9.17, 15) is 19.7 Å². The number of aromatic nitrogens is 2. The number of non-ortho nitro benzene ring substituents is 1. The number of carbonyl (C=O) groups excluding carboxylic acids is 2. The zero-order chi connectivity index (χ0) is 27.5. The summed E-state index contributed by atoms with van der Waals surface area (Å²) in [6, 6.07) is 23.8. The molecule has 0 unspecified atom stereocenters. The summed E-state index contributed by atoms with van der Waals surface area (Å²) in [6.07, 6.45) is 0. The summed E-state index contributed by atoms with van der Waals surface area (Å²) >= 11 is 0. The van der Waals surface area contributed by atoms with Gasteiger partial charge in [0.1, 0.15) is 18.3 Å². The number of carbonyl (C=O) groups is 2. The number of nitro groups is 1. The number of esters is 1. The Morgan fingerprint density at radius 3 is 2.36 bits per heavy atom. The summed E-state index contributed by atoms with van der Waals surface area (Å²) in [6.45, 7) is 3.75. The normalized spacial score (nSPS) is 12.0. The van der Waals surface area contributed by atoms with Gasteiger partial charge < -0.3 is 15.0 Å². The standard InChI is InChI=1S/C30H26N4O5/c1-18(2)26(30(36)39-17-19-8-4-3-5-9-19)33-29(35)25-16-23-22-10-6-7-11-24(22)31-28(23)27(32-25)20-12-14-21(15-13-20)34(37)38/h3-16,18,26,31H,17H2,1-2H3,(H,33,35)/t26-/m0/s1. The van der Waals surface area contributed by atoms with E-state index < -0.39 is 22.8 Å². The number of benzene rings is 3. The molecule has 3 aromatic carbocycles. The van der Waals surface area contributed by atoms with Crippen LogP contribution in [0.2, 0.25) is 0 Å². The van der Waals surface area contributed by atoms with Gasteiger partial charge in [-0.2, -0.15) is 0 Å². The molecule has 1 atom stereocenters. The van der Waals surface area contributed by atoms with E-state index in [1.807, 2.05) is 68.4 Å². The van der Waals surface area contributed by atoms with Gasteiger partial charge in [-0.05, 0) is 35.7 Å². The summed E-state index contributed by atoms with van der Waals surface area (Å²) in [7, 11) is 0. The van der Waals surface area contributed by atoms with Crippen LogP contribution in [0.5, 0.6) is 0 Å². The van der Waals surface area contributed by atoms with Crippen LogP contribution in [-0.2, 0) is 16.1 Å². The lowest BCUT2D eigenvalue weighted by Crippen LogP contribution is -2.45. The van der Waals surface area contributed by atoms with Gasteiger partial charge in [0.25, 0.3) is 11.6 Å². The lowest BCUT2D eigenvalue weighted by Gasteiger charge is -2.21. The summed E-state index contributed by atoms with van der Waals surface area (Å²) in [5.41, 5.74) is 3.55. The Labute approximate surface area is 224 Å². The molecule has 5 rings (SSSR count). The Bertz CT molecular complexity index is 1680.